The summed E-state index contributed by atoms with van der Waals surface area (Å²) in [6.45, 7) is 5.63. The lowest BCUT2D eigenvalue weighted by molar-refractivity contribution is 0.104. The molecule has 2 rings (SSSR count). The van der Waals surface area contributed by atoms with Gasteiger partial charge in [0.15, 0.2) is 0 Å². The maximum atomic E-state index is 12.2. The Kier molecular flexibility index (Phi) is 3.04. The summed E-state index contributed by atoms with van der Waals surface area (Å²) < 4.78 is 6.43. The molecule has 0 spiro atoms. The van der Waals surface area contributed by atoms with Crippen molar-refractivity contribution in [3.8, 4) is 0 Å². The van der Waals surface area contributed by atoms with Gasteiger partial charge < -0.3 is 4.42 Å². The molecule has 2 aromatic rings. The van der Waals surface area contributed by atoms with E-state index >= 15 is 0 Å². The molecule has 0 aliphatic carbocycles. The molecule has 2 aromatic heterocycles. The van der Waals surface area contributed by atoms with Gasteiger partial charge in [-0.15, -0.1) is 11.3 Å². The number of carbonyl (C=O) groups is 1. The molecule has 0 saturated heterocycles. The maximum absolute atomic E-state index is 12.2. The topological polar surface area (TPSA) is 30.2 Å². The molecule has 0 N–H and O–H groups in total. The highest BCUT2D eigenvalue weighted by Crippen LogP contribution is 2.28. The van der Waals surface area contributed by atoms with Crippen molar-refractivity contribution < 1.29 is 9.21 Å². The molecule has 84 valence electrons. The van der Waals surface area contributed by atoms with Gasteiger partial charge in [0.1, 0.15) is 11.5 Å². The zero-order chi connectivity index (χ0) is 11.9. The number of thiophene rings is 1. The molecule has 0 fully saturated rings. The number of carbonyl (C=O) groups excluding carboxylic acids is 1. The van der Waals surface area contributed by atoms with Crippen LogP contribution in [-0.2, 0) is 0 Å². The lowest BCUT2D eigenvalue weighted by atomic mass is 10.1. The molecule has 0 amide bonds. The smallest absolute Gasteiger partial charge is 0.206 e. The minimum absolute atomic E-state index is 0.0440. The second-order valence-corrected chi connectivity index (χ2v) is 6.11. The highest BCUT2D eigenvalue weighted by atomic mass is 79.9. The normalized spacial score (nSPS) is 10.8. The first-order chi connectivity index (χ1) is 7.50. The third-order valence-corrected chi connectivity index (χ3v) is 4.21. The zero-order valence-corrected chi connectivity index (χ0v) is 11.7. The van der Waals surface area contributed by atoms with Gasteiger partial charge in [-0.25, -0.2) is 0 Å². The van der Waals surface area contributed by atoms with Gasteiger partial charge in [-0.2, -0.15) is 0 Å². The van der Waals surface area contributed by atoms with Crippen molar-refractivity contribution in [1.82, 2.24) is 0 Å². The van der Waals surface area contributed by atoms with Crippen LogP contribution in [0.15, 0.2) is 20.3 Å². The van der Waals surface area contributed by atoms with Crippen molar-refractivity contribution in [3.63, 3.8) is 0 Å². The quantitative estimate of drug-likeness (QED) is 0.776. The fraction of sp³-hybridized carbons (Fsp3) is 0.250. The van der Waals surface area contributed by atoms with Gasteiger partial charge in [0, 0.05) is 5.56 Å². The molecule has 2 nitrogen and oxygen atoms in total. The van der Waals surface area contributed by atoms with Crippen LogP contribution in [0.5, 0.6) is 0 Å². The molecule has 0 atom stereocenters. The van der Waals surface area contributed by atoms with Gasteiger partial charge in [0.2, 0.25) is 5.78 Å². The highest BCUT2D eigenvalue weighted by molar-refractivity contribution is 9.11. The standard InChI is InChI=1S/C12H11BrO2S/c1-6-7(2)15-8(3)11(6)12(14)9-4-5-10(13)16-9/h4-5H,1-3H3. The molecule has 0 aromatic carbocycles. The molecular formula is C12H11BrO2S. The van der Waals surface area contributed by atoms with Gasteiger partial charge in [-0.3, -0.25) is 4.79 Å². The molecule has 0 bridgehead atoms. The Hall–Kier alpha value is -0.870. The van der Waals surface area contributed by atoms with E-state index in [9.17, 15) is 4.79 Å². The lowest BCUT2D eigenvalue weighted by Crippen LogP contribution is -2.01. The SMILES string of the molecule is Cc1oc(C)c(C(=O)c2ccc(Br)s2)c1C. The number of halogens is 1. The van der Waals surface area contributed by atoms with Gasteiger partial charge >= 0.3 is 0 Å². The Bertz CT molecular complexity index is 551. The summed E-state index contributed by atoms with van der Waals surface area (Å²) in [5.41, 5.74) is 1.64. The Labute approximate surface area is 106 Å². The number of rotatable bonds is 2. The third kappa shape index (κ3) is 1.87. The number of hydrogen-bond donors (Lipinski definition) is 0. The lowest BCUT2D eigenvalue weighted by Gasteiger charge is -1.97. The van der Waals surface area contributed by atoms with Gasteiger partial charge in [0.25, 0.3) is 0 Å². The average Bonchev–Trinajstić information content (AvgIpc) is 2.73. The Morgan fingerprint density at radius 2 is 1.94 bits per heavy atom. The highest BCUT2D eigenvalue weighted by Gasteiger charge is 2.20. The van der Waals surface area contributed by atoms with Crippen LogP contribution in [0.1, 0.15) is 32.3 Å². The second kappa shape index (κ2) is 4.18. The number of ketones is 1. The summed E-state index contributed by atoms with van der Waals surface area (Å²) in [6.07, 6.45) is 0. The Balaban J connectivity index is 2.49. The molecule has 0 saturated carbocycles. The second-order valence-electron chi connectivity index (χ2n) is 3.65. The Morgan fingerprint density at radius 1 is 1.25 bits per heavy atom. The van der Waals surface area contributed by atoms with Crippen molar-refractivity contribution in [3.05, 3.63) is 43.4 Å². The van der Waals surface area contributed by atoms with E-state index in [4.69, 9.17) is 4.42 Å². The van der Waals surface area contributed by atoms with Crippen LogP contribution in [0.4, 0.5) is 0 Å². The van der Waals surface area contributed by atoms with Gasteiger partial charge in [-0.05, 0) is 48.8 Å². The van der Waals surface area contributed by atoms with Crippen LogP contribution >= 0.6 is 27.3 Å². The largest absolute Gasteiger partial charge is 0.466 e. The van der Waals surface area contributed by atoms with E-state index in [0.29, 0.717) is 11.3 Å². The monoisotopic (exact) mass is 298 g/mol. The summed E-state index contributed by atoms with van der Waals surface area (Å²) >= 11 is 4.80. The Morgan fingerprint density at radius 3 is 2.38 bits per heavy atom. The van der Waals surface area contributed by atoms with E-state index in [1.54, 1.807) is 0 Å². The molecule has 4 heteroatoms. The van der Waals surface area contributed by atoms with Crippen molar-refractivity contribution in [1.29, 1.82) is 0 Å². The molecule has 16 heavy (non-hydrogen) atoms. The van der Waals surface area contributed by atoms with Crippen molar-refractivity contribution >= 4 is 33.0 Å². The van der Waals surface area contributed by atoms with E-state index in [0.717, 1.165) is 20.0 Å². The predicted molar refractivity (Wildman–Crippen MR) is 68.4 cm³/mol. The van der Waals surface area contributed by atoms with E-state index < -0.39 is 0 Å². The van der Waals surface area contributed by atoms with E-state index in [2.05, 4.69) is 15.9 Å². The van der Waals surface area contributed by atoms with Crippen LogP contribution in [0.2, 0.25) is 0 Å². The fourth-order valence-corrected chi connectivity index (χ4v) is 3.02. The van der Waals surface area contributed by atoms with Crippen LogP contribution in [0.25, 0.3) is 0 Å². The van der Waals surface area contributed by atoms with Crippen molar-refractivity contribution in [2.75, 3.05) is 0 Å². The first-order valence-electron chi connectivity index (χ1n) is 4.87. The minimum atomic E-state index is 0.0440. The van der Waals surface area contributed by atoms with Crippen molar-refractivity contribution in [2.45, 2.75) is 20.8 Å². The first kappa shape index (κ1) is 11.6. The summed E-state index contributed by atoms with van der Waals surface area (Å²) in [5, 5.41) is 0. The average molecular weight is 299 g/mol. The van der Waals surface area contributed by atoms with Crippen LogP contribution in [0, 0.1) is 20.8 Å². The number of furan rings is 1. The van der Waals surface area contributed by atoms with Crippen LogP contribution < -0.4 is 0 Å². The number of hydrogen-bond acceptors (Lipinski definition) is 3. The third-order valence-electron chi connectivity index (χ3n) is 2.59. The zero-order valence-electron chi connectivity index (χ0n) is 9.26. The molecule has 0 radical (unpaired) electrons. The van der Waals surface area contributed by atoms with E-state index in [1.807, 2.05) is 32.9 Å². The summed E-state index contributed by atoms with van der Waals surface area (Å²) in [6, 6.07) is 3.72. The van der Waals surface area contributed by atoms with Crippen molar-refractivity contribution in [2.24, 2.45) is 0 Å². The molecular weight excluding hydrogens is 288 g/mol. The minimum Gasteiger partial charge on any atom is -0.466 e. The molecule has 0 aliphatic rings. The summed E-state index contributed by atoms with van der Waals surface area (Å²) in [7, 11) is 0. The summed E-state index contributed by atoms with van der Waals surface area (Å²) in [4.78, 5) is 13.0. The van der Waals surface area contributed by atoms with Crippen LogP contribution in [-0.4, -0.2) is 5.78 Å². The predicted octanol–water partition coefficient (Wildman–Crippen LogP) is 4.26. The molecule has 2 heterocycles. The molecule has 0 aliphatic heterocycles. The maximum Gasteiger partial charge on any atom is 0.206 e. The fourth-order valence-electron chi connectivity index (χ4n) is 1.69. The van der Waals surface area contributed by atoms with Gasteiger partial charge in [-0.1, -0.05) is 0 Å². The van der Waals surface area contributed by atoms with E-state index in [1.165, 1.54) is 11.3 Å². The number of aryl methyl sites for hydroxylation is 2. The summed E-state index contributed by atoms with van der Waals surface area (Å²) in [5.74, 6) is 1.56. The van der Waals surface area contributed by atoms with E-state index in [-0.39, 0.29) is 5.78 Å². The first-order valence-corrected chi connectivity index (χ1v) is 6.48. The molecule has 0 unspecified atom stereocenters. The van der Waals surface area contributed by atoms with Gasteiger partial charge in [0.05, 0.1) is 14.2 Å². The van der Waals surface area contributed by atoms with Crippen LogP contribution in [0.3, 0.4) is 0 Å².